The number of esters is 1. The molecule has 36 heavy (non-hydrogen) atoms. The molecule has 180 valence electrons. The van der Waals surface area contributed by atoms with Crippen molar-refractivity contribution < 1.29 is 19.1 Å². The smallest absolute Gasteiger partial charge is 0.343 e. The first kappa shape index (κ1) is 24.9. The molecule has 0 heterocycles. The Morgan fingerprint density at radius 3 is 2.42 bits per heavy atom. The number of hydrogen-bond donors (Lipinski definition) is 2. The van der Waals surface area contributed by atoms with Crippen molar-refractivity contribution >= 4 is 63.7 Å². The van der Waals surface area contributed by atoms with Crippen LogP contribution in [0.2, 0.25) is 10.0 Å². The summed E-state index contributed by atoms with van der Waals surface area (Å²) in [5.74, 6) is -2.31. The highest BCUT2D eigenvalue weighted by atomic mass is 35.5. The molecule has 0 bridgehead atoms. The third-order valence-electron chi connectivity index (χ3n) is 5.16. The molecule has 0 radical (unpaired) electrons. The van der Waals surface area contributed by atoms with Crippen LogP contribution in [0.25, 0.3) is 10.8 Å². The summed E-state index contributed by atoms with van der Waals surface area (Å²) in [6.45, 7) is 1.92. The molecular formula is C27H19Cl2N3O4. The predicted molar refractivity (Wildman–Crippen MR) is 141 cm³/mol. The van der Waals surface area contributed by atoms with Crippen LogP contribution in [0.15, 0.2) is 84.0 Å². The fraction of sp³-hybridized carbons (Fsp3) is 0.0370. The van der Waals surface area contributed by atoms with E-state index < -0.39 is 17.8 Å². The van der Waals surface area contributed by atoms with Crippen molar-refractivity contribution in [2.24, 2.45) is 5.10 Å². The van der Waals surface area contributed by atoms with Gasteiger partial charge < -0.3 is 10.1 Å². The van der Waals surface area contributed by atoms with E-state index in [2.05, 4.69) is 15.8 Å². The van der Waals surface area contributed by atoms with Gasteiger partial charge in [0.15, 0.2) is 0 Å². The van der Waals surface area contributed by atoms with Gasteiger partial charge in [-0.05, 0) is 54.1 Å². The number of benzene rings is 4. The molecule has 7 nitrogen and oxygen atoms in total. The summed E-state index contributed by atoms with van der Waals surface area (Å²) in [7, 11) is 0. The van der Waals surface area contributed by atoms with E-state index in [9.17, 15) is 14.4 Å². The van der Waals surface area contributed by atoms with E-state index in [1.54, 1.807) is 24.3 Å². The van der Waals surface area contributed by atoms with Gasteiger partial charge in [-0.2, -0.15) is 5.10 Å². The average molecular weight is 520 g/mol. The van der Waals surface area contributed by atoms with E-state index in [1.807, 2.05) is 49.4 Å². The van der Waals surface area contributed by atoms with Crippen LogP contribution in [0.3, 0.4) is 0 Å². The van der Waals surface area contributed by atoms with Crippen molar-refractivity contribution in [3.05, 3.63) is 106 Å². The Labute approximate surface area is 216 Å². The highest BCUT2D eigenvalue weighted by molar-refractivity contribution is 6.42. The second kappa shape index (κ2) is 11.0. The first-order chi connectivity index (χ1) is 17.3. The molecule has 0 saturated carbocycles. The number of nitrogens with zero attached hydrogens (tertiary/aromatic N) is 1. The number of aryl methyl sites for hydroxylation is 1. The van der Waals surface area contributed by atoms with Crippen molar-refractivity contribution in [3.63, 3.8) is 0 Å². The van der Waals surface area contributed by atoms with Gasteiger partial charge in [0.2, 0.25) is 0 Å². The maximum atomic E-state index is 12.7. The Morgan fingerprint density at radius 2 is 1.64 bits per heavy atom. The minimum atomic E-state index is -1.03. The Kier molecular flexibility index (Phi) is 7.63. The average Bonchev–Trinajstić information content (AvgIpc) is 2.87. The van der Waals surface area contributed by atoms with E-state index in [0.717, 1.165) is 16.3 Å². The number of amides is 2. The molecule has 0 aromatic heterocycles. The Balaban J connectivity index is 1.54. The van der Waals surface area contributed by atoms with E-state index in [-0.39, 0.29) is 16.5 Å². The van der Waals surface area contributed by atoms with Gasteiger partial charge in [-0.1, -0.05) is 71.2 Å². The van der Waals surface area contributed by atoms with Gasteiger partial charge in [-0.3, -0.25) is 9.59 Å². The van der Waals surface area contributed by atoms with E-state index in [4.69, 9.17) is 27.9 Å². The molecule has 2 amide bonds. The molecule has 0 aliphatic carbocycles. The van der Waals surface area contributed by atoms with Gasteiger partial charge >= 0.3 is 17.8 Å². The third kappa shape index (κ3) is 5.89. The van der Waals surface area contributed by atoms with Crippen LogP contribution < -0.4 is 15.5 Å². The fourth-order valence-corrected chi connectivity index (χ4v) is 3.66. The Hall–Kier alpha value is -4.20. The van der Waals surface area contributed by atoms with Crippen molar-refractivity contribution in [3.8, 4) is 5.75 Å². The van der Waals surface area contributed by atoms with Gasteiger partial charge in [0, 0.05) is 10.6 Å². The van der Waals surface area contributed by atoms with Gasteiger partial charge in [0.25, 0.3) is 0 Å². The molecule has 0 fully saturated rings. The van der Waals surface area contributed by atoms with Crippen molar-refractivity contribution in [2.45, 2.75) is 6.92 Å². The lowest BCUT2D eigenvalue weighted by Gasteiger charge is -2.11. The monoisotopic (exact) mass is 519 g/mol. The Morgan fingerprint density at radius 1 is 0.889 bits per heavy atom. The zero-order chi connectivity index (χ0) is 25.7. The van der Waals surface area contributed by atoms with Crippen LogP contribution in [0.4, 0.5) is 5.69 Å². The molecule has 0 aliphatic heterocycles. The number of carbonyl (C=O) groups excluding carboxylic acids is 3. The topological polar surface area (TPSA) is 96.9 Å². The molecular weight excluding hydrogens is 501 g/mol. The van der Waals surface area contributed by atoms with E-state index >= 15 is 0 Å². The van der Waals surface area contributed by atoms with Crippen LogP contribution in [0.5, 0.6) is 5.75 Å². The summed E-state index contributed by atoms with van der Waals surface area (Å²) in [5.41, 5.74) is 4.22. The van der Waals surface area contributed by atoms with Gasteiger partial charge in [0.05, 0.1) is 22.5 Å². The van der Waals surface area contributed by atoms with Crippen LogP contribution in [0.1, 0.15) is 21.5 Å². The van der Waals surface area contributed by atoms with Crippen LogP contribution in [-0.4, -0.2) is 24.0 Å². The first-order valence-corrected chi connectivity index (χ1v) is 11.5. The highest BCUT2D eigenvalue weighted by Crippen LogP contribution is 2.28. The summed E-state index contributed by atoms with van der Waals surface area (Å²) < 4.78 is 5.64. The lowest BCUT2D eigenvalue weighted by molar-refractivity contribution is -0.136. The summed E-state index contributed by atoms with van der Waals surface area (Å²) in [6, 6.07) is 22.3. The summed E-state index contributed by atoms with van der Waals surface area (Å²) in [5, 5.41) is 8.46. The molecule has 2 N–H and O–H groups in total. The van der Waals surface area contributed by atoms with Gasteiger partial charge in [-0.15, -0.1) is 0 Å². The molecule has 0 aliphatic rings. The quantitative estimate of drug-likeness (QED) is 0.115. The predicted octanol–water partition coefficient (Wildman–Crippen LogP) is 5.76. The highest BCUT2D eigenvalue weighted by Gasteiger charge is 2.16. The summed E-state index contributed by atoms with van der Waals surface area (Å²) in [6.07, 6.45) is 1.32. The Bertz CT molecular complexity index is 1500. The number of ether oxygens (including phenoxy) is 1. The summed E-state index contributed by atoms with van der Waals surface area (Å²) >= 11 is 11.9. The van der Waals surface area contributed by atoms with E-state index in [0.29, 0.717) is 16.1 Å². The zero-order valence-corrected chi connectivity index (χ0v) is 20.4. The second-order valence-corrected chi connectivity index (χ2v) is 8.58. The van der Waals surface area contributed by atoms with Gasteiger partial charge in [-0.25, -0.2) is 10.2 Å². The van der Waals surface area contributed by atoms with Crippen molar-refractivity contribution in [2.75, 3.05) is 5.32 Å². The lowest BCUT2D eigenvalue weighted by atomic mass is 10.0. The van der Waals surface area contributed by atoms with Crippen LogP contribution in [0, 0.1) is 6.92 Å². The molecule has 0 unspecified atom stereocenters. The molecule has 0 spiro atoms. The number of anilines is 1. The first-order valence-electron chi connectivity index (χ1n) is 10.7. The minimum absolute atomic E-state index is 0.188. The molecule has 4 aromatic rings. The van der Waals surface area contributed by atoms with E-state index in [1.165, 1.54) is 18.3 Å². The van der Waals surface area contributed by atoms with Gasteiger partial charge in [0.1, 0.15) is 5.75 Å². The maximum absolute atomic E-state index is 12.7. The minimum Gasteiger partial charge on any atom is -0.422 e. The third-order valence-corrected chi connectivity index (χ3v) is 5.73. The molecule has 9 heteroatoms. The maximum Gasteiger partial charge on any atom is 0.343 e. The molecule has 4 aromatic carbocycles. The second-order valence-electron chi connectivity index (χ2n) is 7.73. The number of nitrogens with one attached hydrogen (secondary N) is 2. The number of halogens is 2. The lowest BCUT2D eigenvalue weighted by Crippen LogP contribution is -2.32. The largest absolute Gasteiger partial charge is 0.422 e. The molecule has 0 atom stereocenters. The van der Waals surface area contributed by atoms with Crippen LogP contribution >= 0.6 is 23.2 Å². The number of carbonyl (C=O) groups is 3. The SMILES string of the molecule is Cc1ccc(C(=O)Oc2ccc3ccccc3c2C=NNC(=O)C(=O)Nc2cc(Cl)ccc2Cl)cc1. The van der Waals surface area contributed by atoms with Crippen molar-refractivity contribution in [1.29, 1.82) is 0 Å². The normalized spacial score (nSPS) is 10.9. The number of hydrazone groups is 1. The molecule has 4 rings (SSSR count). The van der Waals surface area contributed by atoms with Crippen LogP contribution in [-0.2, 0) is 9.59 Å². The standard InChI is InChI=1S/C27H19Cl2N3O4/c1-16-6-8-18(9-7-16)27(35)36-24-13-10-17-4-2-3-5-20(17)21(24)15-30-32-26(34)25(33)31-23-14-19(28)11-12-22(23)29/h2-15H,1H3,(H,31,33)(H,32,34). The zero-order valence-electron chi connectivity index (χ0n) is 18.9. The van der Waals surface area contributed by atoms with Crippen molar-refractivity contribution in [1.82, 2.24) is 5.43 Å². The summed E-state index contributed by atoms with van der Waals surface area (Å²) in [4.78, 5) is 37.2. The number of fused-ring (bicyclic) bond motifs is 1. The fourth-order valence-electron chi connectivity index (χ4n) is 3.32. The molecule has 0 saturated heterocycles. The number of rotatable bonds is 5. The number of hydrogen-bond acceptors (Lipinski definition) is 5.